The number of aliphatic hydroxyl groups excluding tert-OH is 1. The topological polar surface area (TPSA) is 53.3 Å². The van der Waals surface area contributed by atoms with Crippen molar-refractivity contribution in [2.75, 3.05) is 27.2 Å². The van der Waals surface area contributed by atoms with E-state index in [0.717, 1.165) is 23.5 Å². The predicted octanol–water partition coefficient (Wildman–Crippen LogP) is 2.02. The molecular formula is C18H27FN4O. The normalized spacial score (nSPS) is 12.8. The Bertz CT molecular complexity index is 652. The van der Waals surface area contributed by atoms with Crippen molar-refractivity contribution in [1.29, 1.82) is 0 Å². The van der Waals surface area contributed by atoms with Crippen molar-refractivity contribution in [1.82, 2.24) is 20.0 Å². The molecule has 0 aliphatic rings. The lowest BCUT2D eigenvalue weighted by Gasteiger charge is -2.25. The van der Waals surface area contributed by atoms with Crippen molar-refractivity contribution in [2.24, 2.45) is 0 Å². The Balaban J connectivity index is 2.02. The van der Waals surface area contributed by atoms with E-state index in [4.69, 9.17) is 5.11 Å². The van der Waals surface area contributed by atoms with Crippen LogP contribution in [0.15, 0.2) is 24.3 Å². The van der Waals surface area contributed by atoms with Gasteiger partial charge in [-0.05, 0) is 45.6 Å². The van der Waals surface area contributed by atoms with Crippen molar-refractivity contribution in [2.45, 2.75) is 33.0 Å². The molecule has 0 amide bonds. The fraction of sp³-hybridized carbons (Fsp3) is 0.500. The predicted molar refractivity (Wildman–Crippen MR) is 93.3 cm³/mol. The maximum absolute atomic E-state index is 13.1. The molecule has 24 heavy (non-hydrogen) atoms. The third kappa shape index (κ3) is 4.41. The molecule has 0 saturated carbocycles. The number of aromatic nitrogens is 2. The van der Waals surface area contributed by atoms with Gasteiger partial charge in [-0.25, -0.2) is 4.39 Å². The molecule has 0 saturated heterocycles. The number of hydrogen-bond acceptors (Lipinski definition) is 4. The number of halogens is 1. The highest BCUT2D eigenvalue weighted by atomic mass is 19.1. The molecule has 5 nitrogen and oxygen atoms in total. The number of nitrogens with zero attached hydrogens (tertiary/aromatic N) is 3. The Morgan fingerprint density at radius 1 is 1.25 bits per heavy atom. The third-order valence-corrected chi connectivity index (χ3v) is 4.36. The third-order valence-electron chi connectivity index (χ3n) is 4.36. The van der Waals surface area contributed by atoms with Crippen LogP contribution < -0.4 is 5.32 Å². The molecular weight excluding hydrogens is 307 g/mol. The van der Waals surface area contributed by atoms with Gasteiger partial charge in [-0.2, -0.15) is 5.10 Å². The minimum atomic E-state index is -0.216. The van der Waals surface area contributed by atoms with Crippen LogP contribution in [0, 0.1) is 19.7 Å². The summed E-state index contributed by atoms with van der Waals surface area (Å²) in [7, 11) is 4.04. The van der Waals surface area contributed by atoms with Crippen molar-refractivity contribution >= 4 is 0 Å². The van der Waals surface area contributed by atoms with Gasteiger partial charge in [-0.3, -0.25) is 4.68 Å². The summed E-state index contributed by atoms with van der Waals surface area (Å²) in [4.78, 5) is 2.12. The summed E-state index contributed by atoms with van der Waals surface area (Å²) in [5, 5.41) is 17.0. The molecule has 0 fully saturated rings. The van der Waals surface area contributed by atoms with E-state index in [-0.39, 0.29) is 18.5 Å². The fourth-order valence-electron chi connectivity index (χ4n) is 2.92. The van der Waals surface area contributed by atoms with Gasteiger partial charge in [0.05, 0.1) is 18.8 Å². The monoisotopic (exact) mass is 334 g/mol. The quantitative estimate of drug-likeness (QED) is 0.776. The van der Waals surface area contributed by atoms with E-state index in [0.29, 0.717) is 13.1 Å². The molecule has 1 aromatic carbocycles. The number of likely N-dealkylation sites (N-methyl/N-ethyl adjacent to an activating group) is 1. The molecule has 0 radical (unpaired) electrons. The average molecular weight is 334 g/mol. The summed E-state index contributed by atoms with van der Waals surface area (Å²) in [6.45, 7) is 6.08. The first kappa shape index (κ1) is 18.6. The molecule has 0 aliphatic carbocycles. The van der Waals surface area contributed by atoms with Gasteiger partial charge < -0.3 is 15.3 Å². The Morgan fingerprint density at radius 2 is 1.92 bits per heavy atom. The van der Waals surface area contributed by atoms with Crippen molar-refractivity contribution in [3.63, 3.8) is 0 Å². The second-order valence-electron chi connectivity index (χ2n) is 6.26. The van der Waals surface area contributed by atoms with Crippen LogP contribution in [0.5, 0.6) is 0 Å². The van der Waals surface area contributed by atoms with Crippen LogP contribution in [0.1, 0.15) is 28.6 Å². The number of rotatable bonds is 8. The van der Waals surface area contributed by atoms with Crippen molar-refractivity contribution in [3.05, 3.63) is 52.6 Å². The van der Waals surface area contributed by atoms with E-state index in [1.807, 2.05) is 44.8 Å². The van der Waals surface area contributed by atoms with Gasteiger partial charge in [-0.15, -0.1) is 0 Å². The highest BCUT2D eigenvalue weighted by molar-refractivity contribution is 5.25. The first-order valence-electron chi connectivity index (χ1n) is 8.20. The van der Waals surface area contributed by atoms with Gasteiger partial charge in [0.1, 0.15) is 5.82 Å². The van der Waals surface area contributed by atoms with E-state index in [1.54, 1.807) is 0 Å². The summed E-state index contributed by atoms with van der Waals surface area (Å²) in [5.41, 5.74) is 4.31. The lowest BCUT2D eigenvalue weighted by molar-refractivity contribution is 0.267. The fourth-order valence-corrected chi connectivity index (χ4v) is 2.92. The number of hydrogen-bond donors (Lipinski definition) is 2. The van der Waals surface area contributed by atoms with Gasteiger partial charge in [-0.1, -0.05) is 12.1 Å². The SMILES string of the molecule is Cc1nn(CCO)c(C)c1CNCC(c1ccc(F)cc1)N(C)C. The van der Waals surface area contributed by atoms with Crippen LogP contribution in [-0.4, -0.2) is 47.0 Å². The average Bonchev–Trinajstić information content (AvgIpc) is 2.80. The zero-order chi connectivity index (χ0) is 17.7. The highest BCUT2D eigenvalue weighted by Gasteiger charge is 2.15. The number of aliphatic hydroxyl groups is 1. The maximum Gasteiger partial charge on any atom is 0.123 e. The van der Waals surface area contributed by atoms with Crippen molar-refractivity contribution in [3.8, 4) is 0 Å². The molecule has 2 rings (SSSR count). The van der Waals surface area contributed by atoms with Crippen LogP contribution in [-0.2, 0) is 13.1 Å². The highest BCUT2D eigenvalue weighted by Crippen LogP contribution is 2.19. The minimum Gasteiger partial charge on any atom is -0.394 e. The number of aryl methyl sites for hydroxylation is 1. The molecule has 6 heteroatoms. The van der Waals surface area contributed by atoms with Gasteiger partial charge >= 0.3 is 0 Å². The van der Waals surface area contributed by atoms with Crippen LogP contribution >= 0.6 is 0 Å². The summed E-state index contributed by atoms with van der Waals surface area (Å²) >= 11 is 0. The Labute approximate surface area is 143 Å². The van der Waals surface area contributed by atoms with E-state index >= 15 is 0 Å². The zero-order valence-electron chi connectivity index (χ0n) is 14.9. The molecule has 1 aromatic heterocycles. The summed E-state index contributed by atoms with van der Waals surface area (Å²) in [6.07, 6.45) is 0. The number of nitrogens with one attached hydrogen (secondary N) is 1. The molecule has 2 N–H and O–H groups in total. The lowest BCUT2D eigenvalue weighted by atomic mass is 10.1. The maximum atomic E-state index is 13.1. The Hall–Kier alpha value is -1.76. The molecule has 132 valence electrons. The molecule has 0 aliphatic heterocycles. The first-order chi connectivity index (χ1) is 11.4. The van der Waals surface area contributed by atoms with E-state index in [2.05, 4.69) is 15.3 Å². The molecule has 1 unspecified atom stereocenters. The van der Waals surface area contributed by atoms with Crippen LogP contribution in [0.25, 0.3) is 0 Å². The minimum absolute atomic E-state index is 0.0854. The molecule has 0 bridgehead atoms. The molecule has 2 aromatic rings. The van der Waals surface area contributed by atoms with Gasteiger partial charge in [0.2, 0.25) is 0 Å². The first-order valence-corrected chi connectivity index (χ1v) is 8.20. The Kier molecular flexibility index (Phi) is 6.48. The summed E-state index contributed by atoms with van der Waals surface area (Å²) in [5.74, 6) is -0.216. The lowest BCUT2D eigenvalue weighted by Crippen LogP contribution is -2.31. The van der Waals surface area contributed by atoms with Gasteiger partial charge in [0, 0.05) is 30.4 Å². The van der Waals surface area contributed by atoms with E-state index in [9.17, 15) is 4.39 Å². The van der Waals surface area contributed by atoms with Crippen LogP contribution in [0.2, 0.25) is 0 Å². The molecule has 1 heterocycles. The summed E-state index contributed by atoms with van der Waals surface area (Å²) < 4.78 is 15.0. The van der Waals surface area contributed by atoms with Gasteiger partial charge in [0.25, 0.3) is 0 Å². The number of benzene rings is 1. The smallest absolute Gasteiger partial charge is 0.123 e. The Morgan fingerprint density at radius 3 is 2.50 bits per heavy atom. The van der Waals surface area contributed by atoms with E-state index in [1.165, 1.54) is 17.7 Å². The van der Waals surface area contributed by atoms with Gasteiger partial charge in [0.15, 0.2) is 0 Å². The second-order valence-corrected chi connectivity index (χ2v) is 6.26. The molecule has 0 spiro atoms. The van der Waals surface area contributed by atoms with Crippen LogP contribution in [0.4, 0.5) is 4.39 Å². The second kappa shape index (κ2) is 8.37. The zero-order valence-corrected chi connectivity index (χ0v) is 14.9. The van der Waals surface area contributed by atoms with Crippen LogP contribution in [0.3, 0.4) is 0 Å². The standard InChI is InChI=1S/C18H27FN4O/c1-13-17(14(2)23(21-13)9-10-24)11-20-12-18(22(3)4)15-5-7-16(19)8-6-15/h5-8,18,20,24H,9-12H2,1-4H3. The summed E-state index contributed by atoms with van der Waals surface area (Å²) in [6, 6.07) is 6.83. The van der Waals surface area contributed by atoms with Crippen molar-refractivity contribution < 1.29 is 9.50 Å². The molecule has 1 atom stereocenters. The largest absolute Gasteiger partial charge is 0.394 e. The van der Waals surface area contributed by atoms with E-state index < -0.39 is 0 Å².